The minimum atomic E-state index is -4.73. The van der Waals surface area contributed by atoms with Crippen molar-refractivity contribution in [2.24, 2.45) is 5.73 Å². The molecular formula is C8H15NO9S. The summed E-state index contributed by atoms with van der Waals surface area (Å²) < 4.78 is 42.9. The predicted molar refractivity (Wildman–Crippen MR) is 57.9 cm³/mol. The molecule has 0 radical (unpaired) electrons. The van der Waals surface area contributed by atoms with Crippen LogP contribution >= 0.6 is 0 Å². The number of hydrogen-bond acceptors (Lipinski definition) is 9. The molecule has 0 aliphatic carbocycles. The molecule has 19 heavy (non-hydrogen) atoms. The summed E-state index contributed by atoms with van der Waals surface area (Å²) in [4.78, 5) is 10.8. The summed E-state index contributed by atoms with van der Waals surface area (Å²) in [6, 6.07) is -1.21. The van der Waals surface area contributed by atoms with Gasteiger partial charge in [-0.25, -0.2) is 4.18 Å². The van der Waals surface area contributed by atoms with Gasteiger partial charge in [-0.05, 0) is 0 Å². The van der Waals surface area contributed by atoms with Crippen molar-refractivity contribution in [1.82, 2.24) is 0 Å². The van der Waals surface area contributed by atoms with Crippen molar-refractivity contribution < 1.29 is 41.6 Å². The summed E-state index contributed by atoms with van der Waals surface area (Å²) in [5.41, 5.74) is 5.48. The Morgan fingerprint density at radius 2 is 1.95 bits per heavy atom. The van der Waals surface area contributed by atoms with E-state index >= 15 is 0 Å². The molecule has 0 aromatic heterocycles. The summed E-state index contributed by atoms with van der Waals surface area (Å²) >= 11 is 0. The van der Waals surface area contributed by atoms with Crippen molar-refractivity contribution in [3.05, 3.63) is 0 Å². The van der Waals surface area contributed by atoms with Gasteiger partial charge in [-0.3, -0.25) is 9.35 Å². The molecule has 0 aromatic carbocycles. The highest BCUT2D eigenvalue weighted by molar-refractivity contribution is 7.80. The van der Waals surface area contributed by atoms with E-state index in [1.165, 1.54) is 0 Å². The maximum absolute atomic E-state index is 10.8. The first-order valence-corrected chi connectivity index (χ1v) is 6.54. The van der Waals surface area contributed by atoms with E-state index in [1.54, 1.807) is 0 Å². The summed E-state index contributed by atoms with van der Waals surface area (Å²) in [5.74, 6) is -0.738. The zero-order chi connectivity index (χ0) is 14.8. The Bertz CT molecular complexity index is 424. The maximum atomic E-state index is 10.8. The van der Waals surface area contributed by atoms with Gasteiger partial charge < -0.3 is 25.4 Å². The number of esters is 1. The molecule has 11 heteroatoms. The van der Waals surface area contributed by atoms with Gasteiger partial charge in [0.2, 0.25) is 6.29 Å². The second-order valence-electron chi connectivity index (χ2n) is 3.92. The highest BCUT2D eigenvalue weighted by Gasteiger charge is 2.44. The molecule has 10 nitrogen and oxygen atoms in total. The van der Waals surface area contributed by atoms with Crippen molar-refractivity contribution in [3.63, 3.8) is 0 Å². The van der Waals surface area contributed by atoms with E-state index in [4.69, 9.17) is 15.0 Å². The van der Waals surface area contributed by atoms with Gasteiger partial charge in [-0.15, -0.1) is 0 Å². The number of hydrogen-bond donors (Lipinski definition) is 4. The topological polar surface area (TPSA) is 166 Å². The molecule has 5 atom stereocenters. The molecule has 1 fully saturated rings. The number of aliphatic hydroxyl groups excluding tert-OH is 2. The molecule has 5 N–H and O–H groups in total. The van der Waals surface area contributed by atoms with Crippen LogP contribution in [0.2, 0.25) is 0 Å². The third-order valence-electron chi connectivity index (χ3n) is 2.41. The summed E-state index contributed by atoms with van der Waals surface area (Å²) in [6.07, 6.45) is -5.80. The quantitative estimate of drug-likeness (QED) is 0.313. The summed E-state index contributed by atoms with van der Waals surface area (Å²) in [6.45, 7) is 0.304. The van der Waals surface area contributed by atoms with E-state index in [0.29, 0.717) is 0 Å². The fraction of sp³-hybridized carbons (Fsp3) is 0.875. The van der Waals surface area contributed by atoms with Crippen LogP contribution in [0.3, 0.4) is 0 Å². The van der Waals surface area contributed by atoms with Crippen LogP contribution in [-0.2, 0) is 28.9 Å². The van der Waals surface area contributed by atoms with Crippen molar-refractivity contribution in [2.75, 3.05) is 6.61 Å². The van der Waals surface area contributed by atoms with Crippen LogP contribution in [0, 0.1) is 0 Å². The first-order chi connectivity index (χ1) is 8.61. The number of nitrogens with two attached hydrogens (primary N) is 1. The average Bonchev–Trinajstić information content (AvgIpc) is 2.26. The lowest BCUT2D eigenvalue weighted by Gasteiger charge is -2.39. The van der Waals surface area contributed by atoms with Crippen LogP contribution in [-0.4, -0.2) is 66.4 Å². The third-order valence-corrected chi connectivity index (χ3v) is 2.85. The van der Waals surface area contributed by atoms with Crippen LogP contribution in [0.1, 0.15) is 6.92 Å². The Labute approximate surface area is 109 Å². The van der Waals surface area contributed by atoms with Crippen LogP contribution in [0.5, 0.6) is 0 Å². The number of rotatable bonds is 4. The molecule has 1 heterocycles. The first-order valence-electron chi connectivity index (χ1n) is 5.18. The van der Waals surface area contributed by atoms with E-state index in [-0.39, 0.29) is 0 Å². The summed E-state index contributed by atoms with van der Waals surface area (Å²) in [5, 5.41) is 19.2. The molecule has 1 aliphatic heterocycles. The Balaban J connectivity index is 2.73. The van der Waals surface area contributed by atoms with Gasteiger partial charge in [0.1, 0.15) is 18.3 Å². The number of carbonyl (C=O) groups excluding carboxylic acids is 1. The van der Waals surface area contributed by atoms with E-state index < -0.39 is 53.6 Å². The van der Waals surface area contributed by atoms with Gasteiger partial charge in [-0.2, -0.15) is 8.42 Å². The molecule has 112 valence electrons. The average molecular weight is 301 g/mol. The first kappa shape index (κ1) is 16.2. The molecule has 1 rings (SSSR count). The minimum Gasteiger partial charge on any atom is -0.434 e. The van der Waals surface area contributed by atoms with E-state index in [9.17, 15) is 23.4 Å². The fourth-order valence-electron chi connectivity index (χ4n) is 1.51. The Morgan fingerprint density at radius 1 is 1.37 bits per heavy atom. The van der Waals surface area contributed by atoms with Crippen molar-refractivity contribution in [2.45, 2.75) is 37.6 Å². The number of ether oxygens (including phenoxy) is 2. The Hall–Kier alpha value is -0.820. The lowest BCUT2D eigenvalue weighted by molar-refractivity contribution is -0.257. The largest absolute Gasteiger partial charge is 0.434 e. The van der Waals surface area contributed by atoms with Gasteiger partial charge in [0.25, 0.3) is 0 Å². The van der Waals surface area contributed by atoms with Gasteiger partial charge >= 0.3 is 16.4 Å². The monoisotopic (exact) mass is 301 g/mol. The molecule has 0 saturated carbocycles. The Kier molecular flexibility index (Phi) is 5.20. The third kappa shape index (κ3) is 4.65. The highest BCUT2D eigenvalue weighted by Crippen LogP contribution is 2.21. The van der Waals surface area contributed by atoms with E-state index in [0.717, 1.165) is 6.92 Å². The maximum Gasteiger partial charge on any atom is 0.397 e. The number of carbonyl (C=O) groups is 1. The number of aliphatic hydroxyl groups is 2. The molecule has 1 unspecified atom stereocenters. The SMILES string of the molecule is CC(=O)OC1O[C@H](COS(=O)(=O)O)[C@H](O)[C@H](O)[C@H]1N. The van der Waals surface area contributed by atoms with Crippen molar-refractivity contribution in [3.8, 4) is 0 Å². The molecule has 0 amide bonds. The summed E-state index contributed by atoms with van der Waals surface area (Å²) in [7, 11) is -4.73. The second-order valence-corrected chi connectivity index (χ2v) is 5.01. The fourth-order valence-corrected chi connectivity index (χ4v) is 1.82. The van der Waals surface area contributed by atoms with Crippen molar-refractivity contribution >= 4 is 16.4 Å². The van der Waals surface area contributed by atoms with Crippen LogP contribution in [0.25, 0.3) is 0 Å². The van der Waals surface area contributed by atoms with E-state index in [1.807, 2.05) is 0 Å². The molecule has 0 bridgehead atoms. The molecule has 0 aromatic rings. The van der Waals surface area contributed by atoms with Gasteiger partial charge in [0.15, 0.2) is 0 Å². The zero-order valence-corrected chi connectivity index (χ0v) is 10.7. The highest BCUT2D eigenvalue weighted by atomic mass is 32.3. The van der Waals surface area contributed by atoms with Crippen LogP contribution in [0.15, 0.2) is 0 Å². The van der Waals surface area contributed by atoms with Gasteiger partial charge in [-0.1, -0.05) is 0 Å². The van der Waals surface area contributed by atoms with Crippen molar-refractivity contribution in [1.29, 1.82) is 0 Å². The van der Waals surface area contributed by atoms with Gasteiger partial charge in [0, 0.05) is 6.92 Å². The smallest absolute Gasteiger partial charge is 0.397 e. The molecule has 1 saturated heterocycles. The predicted octanol–water partition coefficient (Wildman–Crippen LogP) is -2.86. The lowest BCUT2D eigenvalue weighted by Crippen LogP contribution is -2.62. The lowest BCUT2D eigenvalue weighted by atomic mass is 9.98. The minimum absolute atomic E-state index is 0.738. The normalized spacial score (nSPS) is 35.9. The van der Waals surface area contributed by atoms with Crippen LogP contribution in [0.4, 0.5) is 0 Å². The Morgan fingerprint density at radius 3 is 2.42 bits per heavy atom. The standard InChI is InChI=1S/C8H15NO9S/c1-3(10)17-8-5(9)7(12)6(11)4(18-8)2-16-19(13,14)15/h4-8,11-12H,2,9H2,1H3,(H,13,14,15)/t4-,5-,6+,7-,8?/m1/s1. The molecule has 0 spiro atoms. The second kappa shape index (κ2) is 6.09. The molecule has 1 aliphatic rings. The molecular weight excluding hydrogens is 286 g/mol. The van der Waals surface area contributed by atoms with Gasteiger partial charge in [0.05, 0.1) is 12.6 Å². The van der Waals surface area contributed by atoms with Crippen LogP contribution < -0.4 is 5.73 Å². The van der Waals surface area contributed by atoms with E-state index in [2.05, 4.69) is 8.92 Å². The zero-order valence-electron chi connectivity index (χ0n) is 9.87.